The van der Waals surface area contributed by atoms with Crippen LogP contribution in [0, 0.1) is 0 Å². The molecule has 1 saturated carbocycles. The number of hydrogen-bond donors (Lipinski definition) is 2. The SMILES string of the molecule is O[C@@H]1CCCC[C@H]1NCc1csc(-c2ccccn2)n1. The van der Waals surface area contributed by atoms with Gasteiger partial charge in [0.25, 0.3) is 0 Å². The normalized spacial score (nSPS) is 22.9. The Bertz CT molecular complexity index is 543. The third kappa shape index (κ3) is 3.23. The summed E-state index contributed by atoms with van der Waals surface area (Å²) in [5.74, 6) is 0. The third-order valence-electron chi connectivity index (χ3n) is 3.71. The average molecular weight is 289 g/mol. The molecule has 0 spiro atoms. The van der Waals surface area contributed by atoms with Crippen LogP contribution in [0.5, 0.6) is 0 Å². The Morgan fingerprint density at radius 1 is 1.30 bits per heavy atom. The van der Waals surface area contributed by atoms with E-state index in [1.165, 1.54) is 6.42 Å². The highest BCUT2D eigenvalue weighted by Crippen LogP contribution is 2.22. The number of nitrogens with zero attached hydrogens (tertiary/aromatic N) is 2. The van der Waals surface area contributed by atoms with Crippen LogP contribution in [0.3, 0.4) is 0 Å². The molecule has 0 bridgehead atoms. The van der Waals surface area contributed by atoms with Crippen molar-refractivity contribution in [2.45, 2.75) is 44.4 Å². The number of hydrogen-bond acceptors (Lipinski definition) is 5. The van der Waals surface area contributed by atoms with E-state index in [4.69, 9.17) is 0 Å². The largest absolute Gasteiger partial charge is 0.392 e. The lowest BCUT2D eigenvalue weighted by Gasteiger charge is -2.28. The molecule has 106 valence electrons. The maximum absolute atomic E-state index is 9.94. The topological polar surface area (TPSA) is 58.0 Å². The maximum Gasteiger partial charge on any atom is 0.142 e. The van der Waals surface area contributed by atoms with E-state index in [1.807, 2.05) is 18.2 Å². The molecule has 2 N–H and O–H groups in total. The van der Waals surface area contributed by atoms with Gasteiger partial charge in [0.1, 0.15) is 5.01 Å². The molecule has 2 atom stereocenters. The minimum absolute atomic E-state index is 0.211. The quantitative estimate of drug-likeness (QED) is 0.908. The van der Waals surface area contributed by atoms with Crippen LogP contribution < -0.4 is 5.32 Å². The zero-order valence-corrected chi connectivity index (χ0v) is 12.1. The monoisotopic (exact) mass is 289 g/mol. The van der Waals surface area contributed by atoms with Crippen LogP contribution in [-0.2, 0) is 6.54 Å². The molecule has 1 aliphatic carbocycles. The lowest BCUT2D eigenvalue weighted by molar-refractivity contribution is 0.0901. The minimum Gasteiger partial charge on any atom is -0.392 e. The molecule has 0 unspecified atom stereocenters. The number of thiazole rings is 1. The van der Waals surface area contributed by atoms with Gasteiger partial charge in [-0.15, -0.1) is 11.3 Å². The zero-order valence-electron chi connectivity index (χ0n) is 11.3. The Kier molecular flexibility index (Phi) is 4.40. The van der Waals surface area contributed by atoms with Crippen molar-refractivity contribution >= 4 is 11.3 Å². The summed E-state index contributed by atoms with van der Waals surface area (Å²) in [5, 5.41) is 16.4. The van der Waals surface area contributed by atoms with Gasteiger partial charge in [-0.05, 0) is 25.0 Å². The van der Waals surface area contributed by atoms with Gasteiger partial charge in [0.2, 0.25) is 0 Å². The molecule has 0 aromatic carbocycles. The number of aromatic nitrogens is 2. The molecule has 0 saturated heterocycles. The molecular formula is C15H19N3OS. The summed E-state index contributed by atoms with van der Waals surface area (Å²) in [7, 11) is 0. The molecule has 1 aliphatic rings. The Balaban J connectivity index is 1.60. The predicted molar refractivity (Wildman–Crippen MR) is 80.4 cm³/mol. The van der Waals surface area contributed by atoms with Crippen LogP contribution in [0.15, 0.2) is 29.8 Å². The number of aliphatic hydroxyl groups excluding tert-OH is 1. The first-order valence-corrected chi connectivity index (χ1v) is 7.98. The lowest BCUT2D eigenvalue weighted by Crippen LogP contribution is -2.41. The fraction of sp³-hybridized carbons (Fsp3) is 0.467. The molecule has 3 rings (SSSR count). The van der Waals surface area contributed by atoms with E-state index in [2.05, 4.69) is 20.7 Å². The van der Waals surface area contributed by atoms with Gasteiger partial charge in [0.15, 0.2) is 0 Å². The van der Waals surface area contributed by atoms with Crippen molar-refractivity contribution in [3.05, 3.63) is 35.5 Å². The number of aliphatic hydroxyl groups is 1. The van der Waals surface area contributed by atoms with E-state index in [9.17, 15) is 5.11 Å². The molecule has 0 radical (unpaired) electrons. The fourth-order valence-corrected chi connectivity index (χ4v) is 3.38. The summed E-state index contributed by atoms with van der Waals surface area (Å²) in [6.45, 7) is 0.713. The molecule has 2 aromatic heterocycles. The van der Waals surface area contributed by atoms with E-state index >= 15 is 0 Å². The first-order valence-electron chi connectivity index (χ1n) is 7.10. The van der Waals surface area contributed by atoms with Crippen LogP contribution in [0.25, 0.3) is 10.7 Å². The van der Waals surface area contributed by atoms with Crippen molar-refractivity contribution in [1.82, 2.24) is 15.3 Å². The summed E-state index contributed by atoms with van der Waals surface area (Å²) >= 11 is 1.61. The standard InChI is InChI=1S/C15H19N3OS/c19-14-7-2-1-5-12(14)17-9-11-10-20-15(18-11)13-6-3-4-8-16-13/h3-4,6,8,10,12,14,17,19H,1-2,5,7,9H2/t12-,14-/m1/s1. The van der Waals surface area contributed by atoms with Crippen molar-refractivity contribution in [3.63, 3.8) is 0 Å². The van der Waals surface area contributed by atoms with E-state index in [-0.39, 0.29) is 12.1 Å². The molecule has 1 fully saturated rings. The molecule has 20 heavy (non-hydrogen) atoms. The van der Waals surface area contributed by atoms with Crippen molar-refractivity contribution in [1.29, 1.82) is 0 Å². The zero-order chi connectivity index (χ0) is 13.8. The van der Waals surface area contributed by atoms with E-state index < -0.39 is 0 Å². The van der Waals surface area contributed by atoms with Gasteiger partial charge in [0, 0.05) is 24.2 Å². The first kappa shape index (κ1) is 13.7. The molecule has 2 heterocycles. The second kappa shape index (κ2) is 6.43. The Morgan fingerprint density at radius 3 is 3.00 bits per heavy atom. The highest BCUT2D eigenvalue weighted by atomic mass is 32.1. The van der Waals surface area contributed by atoms with E-state index in [0.29, 0.717) is 6.54 Å². The highest BCUT2D eigenvalue weighted by Gasteiger charge is 2.22. The predicted octanol–water partition coefficient (Wildman–Crippen LogP) is 2.60. The fourth-order valence-electron chi connectivity index (χ4n) is 2.58. The van der Waals surface area contributed by atoms with Gasteiger partial charge in [0.05, 0.1) is 17.5 Å². The summed E-state index contributed by atoms with van der Waals surface area (Å²) in [6.07, 6.45) is 5.88. The van der Waals surface area contributed by atoms with Crippen LogP contribution in [-0.4, -0.2) is 27.2 Å². The summed E-state index contributed by atoms with van der Waals surface area (Å²) < 4.78 is 0. The van der Waals surface area contributed by atoms with Gasteiger partial charge in [-0.3, -0.25) is 4.98 Å². The smallest absolute Gasteiger partial charge is 0.142 e. The number of nitrogens with one attached hydrogen (secondary N) is 1. The van der Waals surface area contributed by atoms with Gasteiger partial charge in [-0.1, -0.05) is 18.9 Å². The maximum atomic E-state index is 9.94. The lowest BCUT2D eigenvalue weighted by atomic mass is 9.92. The van der Waals surface area contributed by atoms with Gasteiger partial charge in [-0.2, -0.15) is 0 Å². The van der Waals surface area contributed by atoms with Crippen LogP contribution in [0.2, 0.25) is 0 Å². The van der Waals surface area contributed by atoms with Crippen molar-refractivity contribution in [3.8, 4) is 10.7 Å². The van der Waals surface area contributed by atoms with Gasteiger partial charge >= 0.3 is 0 Å². The second-order valence-electron chi connectivity index (χ2n) is 5.20. The highest BCUT2D eigenvalue weighted by molar-refractivity contribution is 7.13. The first-order chi connectivity index (χ1) is 9.83. The summed E-state index contributed by atoms with van der Waals surface area (Å²) in [6, 6.07) is 6.06. The average Bonchev–Trinajstić information content (AvgIpc) is 2.96. The van der Waals surface area contributed by atoms with E-state index in [0.717, 1.165) is 35.7 Å². The summed E-state index contributed by atoms with van der Waals surface area (Å²) in [4.78, 5) is 8.91. The molecule has 0 amide bonds. The molecule has 5 heteroatoms. The Labute approximate surface area is 122 Å². The van der Waals surface area contributed by atoms with Crippen molar-refractivity contribution in [2.24, 2.45) is 0 Å². The van der Waals surface area contributed by atoms with E-state index in [1.54, 1.807) is 17.5 Å². The second-order valence-corrected chi connectivity index (χ2v) is 6.06. The van der Waals surface area contributed by atoms with Crippen LogP contribution in [0.4, 0.5) is 0 Å². The van der Waals surface area contributed by atoms with Crippen LogP contribution >= 0.6 is 11.3 Å². The summed E-state index contributed by atoms with van der Waals surface area (Å²) in [5.41, 5.74) is 1.94. The third-order valence-corrected chi connectivity index (χ3v) is 4.62. The van der Waals surface area contributed by atoms with Crippen LogP contribution in [0.1, 0.15) is 31.4 Å². The minimum atomic E-state index is -0.211. The number of rotatable bonds is 4. The van der Waals surface area contributed by atoms with Crippen molar-refractivity contribution < 1.29 is 5.11 Å². The van der Waals surface area contributed by atoms with Crippen molar-refractivity contribution in [2.75, 3.05) is 0 Å². The van der Waals surface area contributed by atoms with Gasteiger partial charge in [-0.25, -0.2) is 4.98 Å². The Morgan fingerprint density at radius 2 is 2.20 bits per heavy atom. The molecule has 2 aromatic rings. The molecule has 0 aliphatic heterocycles. The van der Waals surface area contributed by atoms with Gasteiger partial charge < -0.3 is 10.4 Å². The number of pyridine rings is 1. The molecule has 4 nitrogen and oxygen atoms in total. The molecular weight excluding hydrogens is 270 g/mol. The Hall–Kier alpha value is -1.30.